The highest BCUT2D eigenvalue weighted by molar-refractivity contribution is 7.11. The van der Waals surface area contributed by atoms with E-state index in [0.29, 0.717) is 12.5 Å². The maximum absolute atomic E-state index is 12.5. The highest BCUT2D eigenvalue weighted by Crippen LogP contribution is 2.35. The molecule has 20 heavy (non-hydrogen) atoms. The molecule has 1 N–H and O–H groups in total. The van der Waals surface area contributed by atoms with Gasteiger partial charge in [-0.15, -0.1) is 11.3 Å². The maximum Gasteiger partial charge on any atom is 0.246 e. The van der Waals surface area contributed by atoms with E-state index in [-0.39, 0.29) is 17.9 Å². The van der Waals surface area contributed by atoms with E-state index < -0.39 is 6.04 Å². The van der Waals surface area contributed by atoms with E-state index in [9.17, 15) is 9.59 Å². The maximum atomic E-state index is 12.5. The Morgan fingerprint density at radius 1 is 1.35 bits per heavy atom. The van der Waals surface area contributed by atoms with Gasteiger partial charge in [-0.1, -0.05) is 0 Å². The zero-order valence-corrected chi connectivity index (χ0v) is 12.8. The number of nitrogens with zero attached hydrogens (tertiary/aromatic N) is 2. The number of hydrogen-bond acceptors (Lipinski definition) is 4. The number of thiazole rings is 1. The smallest absolute Gasteiger partial charge is 0.246 e. The Bertz CT molecular complexity index is 545. The predicted molar refractivity (Wildman–Crippen MR) is 76.3 cm³/mol. The van der Waals surface area contributed by atoms with Crippen LogP contribution in [0.15, 0.2) is 0 Å². The van der Waals surface area contributed by atoms with Crippen molar-refractivity contribution in [2.45, 2.75) is 52.2 Å². The van der Waals surface area contributed by atoms with Gasteiger partial charge in [0.2, 0.25) is 11.8 Å². The van der Waals surface area contributed by atoms with Crippen molar-refractivity contribution in [3.05, 3.63) is 15.6 Å². The average molecular weight is 293 g/mol. The summed E-state index contributed by atoms with van der Waals surface area (Å²) in [7, 11) is 0. The summed E-state index contributed by atoms with van der Waals surface area (Å²) in [5.74, 6) is 0.331. The van der Waals surface area contributed by atoms with Crippen LogP contribution in [0.4, 0.5) is 0 Å². The van der Waals surface area contributed by atoms with E-state index in [0.717, 1.165) is 23.5 Å². The van der Waals surface area contributed by atoms with Crippen molar-refractivity contribution in [1.29, 1.82) is 0 Å². The molecule has 1 saturated carbocycles. The summed E-state index contributed by atoms with van der Waals surface area (Å²) in [5.41, 5.74) is 1.00. The van der Waals surface area contributed by atoms with Crippen LogP contribution in [-0.2, 0) is 16.1 Å². The van der Waals surface area contributed by atoms with Crippen LogP contribution in [0.25, 0.3) is 0 Å². The number of amides is 2. The molecule has 2 heterocycles. The largest absolute Gasteiger partial charge is 0.342 e. The van der Waals surface area contributed by atoms with Crippen LogP contribution >= 0.6 is 11.3 Å². The quantitative estimate of drug-likeness (QED) is 0.916. The molecule has 2 fully saturated rings. The highest BCUT2D eigenvalue weighted by Gasteiger charge is 2.45. The molecule has 2 aliphatic rings. The van der Waals surface area contributed by atoms with Gasteiger partial charge >= 0.3 is 0 Å². The van der Waals surface area contributed by atoms with Gasteiger partial charge in [0, 0.05) is 4.88 Å². The second kappa shape index (κ2) is 4.84. The molecule has 0 radical (unpaired) electrons. The van der Waals surface area contributed by atoms with Crippen molar-refractivity contribution in [2.24, 2.45) is 5.92 Å². The van der Waals surface area contributed by atoms with Gasteiger partial charge in [-0.3, -0.25) is 9.59 Å². The van der Waals surface area contributed by atoms with Crippen molar-refractivity contribution >= 4 is 23.2 Å². The number of nitrogens with one attached hydrogen (secondary N) is 1. The Morgan fingerprint density at radius 2 is 2.05 bits per heavy atom. The van der Waals surface area contributed by atoms with E-state index in [1.807, 2.05) is 13.8 Å². The van der Waals surface area contributed by atoms with Crippen molar-refractivity contribution in [3.63, 3.8) is 0 Å². The number of carbonyl (C=O) groups is 2. The lowest BCUT2D eigenvalue weighted by Crippen LogP contribution is -2.62. The first-order valence-corrected chi connectivity index (χ1v) is 7.82. The van der Waals surface area contributed by atoms with Crippen LogP contribution < -0.4 is 5.32 Å². The fourth-order valence-corrected chi connectivity index (χ4v) is 3.50. The van der Waals surface area contributed by atoms with Gasteiger partial charge in [0.1, 0.15) is 17.1 Å². The molecular weight excluding hydrogens is 274 g/mol. The van der Waals surface area contributed by atoms with Gasteiger partial charge in [0.05, 0.1) is 12.2 Å². The average Bonchev–Trinajstić information content (AvgIpc) is 3.18. The van der Waals surface area contributed by atoms with Gasteiger partial charge < -0.3 is 10.2 Å². The number of hydrogen-bond donors (Lipinski definition) is 1. The van der Waals surface area contributed by atoms with Crippen LogP contribution in [-0.4, -0.2) is 33.8 Å². The SMILES string of the molecule is Cc1nc(CN2C(=O)C(C3CC3)NC(=O)C2C)sc1C. The number of carbonyl (C=O) groups excluding carboxylic acids is 2. The molecule has 2 unspecified atom stereocenters. The summed E-state index contributed by atoms with van der Waals surface area (Å²) in [6.07, 6.45) is 2.07. The normalized spacial score (nSPS) is 26.9. The molecule has 2 atom stereocenters. The molecular formula is C14H19N3O2S. The first-order valence-electron chi connectivity index (χ1n) is 7.01. The summed E-state index contributed by atoms with van der Waals surface area (Å²) in [6.45, 7) is 6.22. The molecule has 6 heteroatoms. The standard InChI is InChI=1S/C14H19N3O2S/c1-7-9(3)20-11(15-7)6-17-8(2)13(18)16-12(14(17)19)10-4-5-10/h8,10,12H,4-6H2,1-3H3,(H,16,18). The Labute approximate surface area is 122 Å². The molecule has 2 amide bonds. The summed E-state index contributed by atoms with van der Waals surface area (Å²) in [6, 6.07) is -0.733. The van der Waals surface area contributed by atoms with Crippen LogP contribution in [0.1, 0.15) is 35.3 Å². The summed E-state index contributed by atoms with van der Waals surface area (Å²) in [5, 5.41) is 3.77. The molecule has 0 aromatic carbocycles. The van der Waals surface area contributed by atoms with E-state index in [1.54, 1.807) is 23.2 Å². The summed E-state index contributed by atoms with van der Waals surface area (Å²) >= 11 is 1.60. The minimum atomic E-state index is -0.415. The fraction of sp³-hybridized carbons (Fsp3) is 0.643. The first-order chi connectivity index (χ1) is 9.47. The molecule has 1 saturated heterocycles. The topological polar surface area (TPSA) is 62.3 Å². The number of aryl methyl sites for hydroxylation is 2. The molecule has 1 aliphatic heterocycles. The van der Waals surface area contributed by atoms with Gasteiger partial charge in [-0.2, -0.15) is 0 Å². The lowest BCUT2D eigenvalue weighted by molar-refractivity contribution is -0.149. The molecule has 0 bridgehead atoms. The van der Waals surface area contributed by atoms with Gasteiger partial charge in [-0.05, 0) is 39.5 Å². The molecule has 1 aliphatic carbocycles. The second-order valence-corrected chi connectivity index (χ2v) is 7.00. The van der Waals surface area contributed by atoms with Crippen molar-refractivity contribution < 1.29 is 9.59 Å². The van der Waals surface area contributed by atoms with Crippen molar-refractivity contribution in [3.8, 4) is 0 Å². The van der Waals surface area contributed by atoms with Crippen LogP contribution in [0.5, 0.6) is 0 Å². The monoisotopic (exact) mass is 293 g/mol. The van der Waals surface area contributed by atoms with Gasteiger partial charge in [0.25, 0.3) is 0 Å². The van der Waals surface area contributed by atoms with Gasteiger partial charge in [0.15, 0.2) is 0 Å². The molecule has 3 rings (SSSR count). The lowest BCUT2D eigenvalue weighted by Gasteiger charge is -2.37. The van der Waals surface area contributed by atoms with Crippen LogP contribution in [0.3, 0.4) is 0 Å². The first kappa shape index (κ1) is 13.5. The summed E-state index contributed by atoms with van der Waals surface area (Å²) < 4.78 is 0. The molecule has 0 spiro atoms. The Balaban J connectivity index is 1.81. The highest BCUT2D eigenvalue weighted by atomic mass is 32.1. The number of aromatic nitrogens is 1. The number of rotatable bonds is 3. The Morgan fingerprint density at radius 3 is 2.60 bits per heavy atom. The van der Waals surface area contributed by atoms with Crippen LogP contribution in [0.2, 0.25) is 0 Å². The van der Waals surface area contributed by atoms with Gasteiger partial charge in [-0.25, -0.2) is 4.98 Å². The Hall–Kier alpha value is -1.43. The predicted octanol–water partition coefficient (Wildman–Crippen LogP) is 1.39. The second-order valence-electron chi connectivity index (χ2n) is 5.72. The molecule has 1 aromatic heterocycles. The van der Waals surface area contributed by atoms with E-state index in [2.05, 4.69) is 10.3 Å². The van der Waals surface area contributed by atoms with Crippen molar-refractivity contribution in [1.82, 2.24) is 15.2 Å². The van der Waals surface area contributed by atoms with Crippen LogP contribution in [0, 0.1) is 19.8 Å². The third kappa shape index (κ3) is 2.32. The zero-order valence-electron chi connectivity index (χ0n) is 12.0. The summed E-state index contributed by atoms with van der Waals surface area (Å²) in [4.78, 5) is 31.9. The lowest BCUT2D eigenvalue weighted by atomic mass is 10.0. The Kier molecular flexibility index (Phi) is 3.28. The fourth-order valence-electron chi connectivity index (χ4n) is 2.56. The van der Waals surface area contributed by atoms with E-state index >= 15 is 0 Å². The zero-order chi connectivity index (χ0) is 14.4. The minimum absolute atomic E-state index is 0.0464. The van der Waals surface area contributed by atoms with E-state index in [1.165, 1.54) is 4.88 Å². The minimum Gasteiger partial charge on any atom is -0.342 e. The molecule has 5 nitrogen and oxygen atoms in total. The molecule has 1 aromatic rings. The third-order valence-electron chi connectivity index (χ3n) is 4.17. The number of piperazine rings is 1. The van der Waals surface area contributed by atoms with E-state index in [4.69, 9.17) is 0 Å². The third-order valence-corrected chi connectivity index (χ3v) is 5.22. The molecule has 108 valence electrons. The van der Waals surface area contributed by atoms with Crippen molar-refractivity contribution in [2.75, 3.05) is 0 Å².